The van der Waals surface area contributed by atoms with E-state index in [9.17, 15) is 9.90 Å². The van der Waals surface area contributed by atoms with Crippen LogP contribution in [-0.4, -0.2) is 33.8 Å². The maximum absolute atomic E-state index is 13.5. The minimum absolute atomic E-state index is 0.0749. The number of carbonyl (C=O) groups excluding carboxylic acids is 1. The van der Waals surface area contributed by atoms with Crippen LogP contribution in [-0.2, 0) is 20.2 Å². The molecule has 2 atom stereocenters. The summed E-state index contributed by atoms with van der Waals surface area (Å²) < 4.78 is 0. The molecule has 148 valence electrons. The Balaban J connectivity index is 1.86. The molecular weight excluding hydrogens is 354 g/mol. The molecule has 28 heavy (non-hydrogen) atoms. The van der Waals surface area contributed by atoms with Gasteiger partial charge in [-0.25, -0.2) is 4.89 Å². The van der Waals surface area contributed by atoms with Crippen molar-refractivity contribution < 1.29 is 19.7 Å². The van der Waals surface area contributed by atoms with Gasteiger partial charge in [-0.3, -0.25) is 4.79 Å². The van der Waals surface area contributed by atoms with Gasteiger partial charge < -0.3 is 10.0 Å². The van der Waals surface area contributed by atoms with Gasteiger partial charge in [0.25, 0.3) is 0 Å². The molecule has 0 aliphatic carbocycles. The zero-order valence-corrected chi connectivity index (χ0v) is 16.8. The molecular formula is C23H27NO4. The van der Waals surface area contributed by atoms with Gasteiger partial charge in [-0.2, -0.15) is 4.89 Å². The van der Waals surface area contributed by atoms with Crippen molar-refractivity contribution in [3.63, 3.8) is 0 Å². The van der Waals surface area contributed by atoms with Gasteiger partial charge in [0, 0.05) is 12.0 Å². The van der Waals surface area contributed by atoms with Crippen molar-refractivity contribution in [3.05, 3.63) is 71.8 Å². The van der Waals surface area contributed by atoms with Gasteiger partial charge >= 0.3 is 0 Å². The largest absolute Gasteiger partial charge is 0.361 e. The Kier molecular flexibility index (Phi) is 4.20. The van der Waals surface area contributed by atoms with Crippen LogP contribution in [0.4, 0.5) is 0 Å². The second kappa shape index (κ2) is 6.14. The first-order valence-corrected chi connectivity index (χ1v) is 9.65. The van der Waals surface area contributed by atoms with Crippen LogP contribution in [0, 0.1) is 5.41 Å². The Labute approximate surface area is 165 Å². The van der Waals surface area contributed by atoms with Crippen molar-refractivity contribution >= 4 is 5.91 Å². The number of β-amino-alcohol motifs (C(OH)–C–C–N with tert-alkyl or cyclic N) is 1. The monoisotopic (exact) mass is 381 g/mol. The first-order chi connectivity index (χ1) is 13.1. The van der Waals surface area contributed by atoms with Crippen LogP contribution in [0.1, 0.15) is 45.2 Å². The van der Waals surface area contributed by atoms with Crippen molar-refractivity contribution in [3.8, 4) is 0 Å². The summed E-state index contributed by atoms with van der Waals surface area (Å²) >= 11 is 0. The zero-order valence-electron chi connectivity index (χ0n) is 16.8. The molecule has 4 rings (SSSR count). The molecule has 2 unspecified atom stereocenters. The molecule has 2 aromatic carbocycles. The van der Waals surface area contributed by atoms with E-state index in [0.717, 1.165) is 11.1 Å². The van der Waals surface area contributed by atoms with E-state index in [2.05, 4.69) is 0 Å². The number of hydrogen-bond acceptors (Lipinski definition) is 4. The van der Waals surface area contributed by atoms with Gasteiger partial charge in [-0.15, -0.1) is 0 Å². The molecule has 2 heterocycles. The highest BCUT2D eigenvalue weighted by Gasteiger charge is 2.70. The SMILES string of the molecule is CC(C)(C)N1CC2(O)OOC(c3ccccc3)(c3ccccc3)CC2(C)C1=O. The third-order valence-electron chi connectivity index (χ3n) is 6.17. The lowest BCUT2D eigenvalue weighted by Gasteiger charge is -2.48. The molecule has 0 spiro atoms. The second-order valence-electron chi connectivity index (χ2n) is 9.08. The van der Waals surface area contributed by atoms with Gasteiger partial charge in [0.1, 0.15) is 5.41 Å². The van der Waals surface area contributed by atoms with Crippen LogP contribution in [0.25, 0.3) is 0 Å². The molecule has 1 amide bonds. The summed E-state index contributed by atoms with van der Waals surface area (Å²) in [5.41, 5.74) is -0.811. The van der Waals surface area contributed by atoms with Crippen LogP contribution in [0.2, 0.25) is 0 Å². The maximum atomic E-state index is 13.5. The Hall–Kier alpha value is -2.21. The molecule has 5 heteroatoms. The minimum atomic E-state index is -1.70. The molecule has 0 saturated carbocycles. The summed E-state index contributed by atoms with van der Waals surface area (Å²) in [6.45, 7) is 7.72. The van der Waals surface area contributed by atoms with E-state index in [0.29, 0.717) is 0 Å². The van der Waals surface area contributed by atoms with Crippen LogP contribution in [0.5, 0.6) is 0 Å². The highest BCUT2D eigenvalue weighted by atomic mass is 17.2. The molecule has 0 radical (unpaired) electrons. The lowest BCUT2D eigenvalue weighted by Crippen LogP contribution is -2.58. The first kappa shape index (κ1) is 19.1. The maximum Gasteiger partial charge on any atom is 0.234 e. The van der Waals surface area contributed by atoms with E-state index in [1.54, 1.807) is 11.8 Å². The Morgan fingerprint density at radius 2 is 1.43 bits per heavy atom. The fraction of sp³-hybridized carbons (Fsp3) is 0.435. The Bertz CT molecular complexity index is 837. The number of benzene rings is 2. The summed E-state index contributed by atoms with van der Waals surface area (Å²) in [4.78, 5) is 26.9. The van der Waals surface area contributed by atoms with Gasteiger partial charge in [-0.1, -0.05) is 60.7 Å². The number of hydrogen-bond donors (Lipinski definition) is 1. The Morgan fingerprint density at radius 1 is 0.929 bits per heavy atom. The molecule has 2 saturated heterocycles. The number of amides is 1. The molecule has 0 bridgehead atoms. The quantitative estimate of drug-likeness (QED) is 0.808. The third-order valence-corrected chi connectivity index (χ3v) is 6.17. The van der Waals surface area contributed by atoms with E-state index in [1.165, 1.54) is 0 Å². The van der Waals surface area contributed by atoms with Crippen LogP contribution in [0.3, 0.4) is 0 Å². The fourth-order valence-corrected chi connectivity index (χ4v) is 4.35. The van der Waals surface area contributed by atoms with E-state index >= 15 is 0 Å². The van der Waals surface area contributed by atoms with Crippen LogP contribution in [0.15, 0.2) is 60.7 Å². The molecule has 2 aromatic rings. The van der Waals surface area contributed by atoms with Crippen molar-refractivity contribution in [2.75, 3.05) is 6.54 Å². The summed E-state index contributed by atoms with van der Waals surface area (Å²) in [6.07, 6.45) is 0.274. The number of carbonyl (C=O) groups is 1. The lowest BCUT2D eigenvalue weighted by atomic mass is 9.68. The van der Waals surface area contributed by atoms with E-state index < -0.39 is 22.3 Å². The second-order valence-corrected chi connectivity index (χ2v) is 9.08. The normalized spacial score (nSPS) is 29.6. The number of aliphatic hydroxyl groups is 1. The van der Waals surface area contributed by atoms with Crippen molar-refractivity contribution in [1.82, 2.24) is 4.90 Å². The van der Waals surface area contributed by atoms with Gasteiger partial charge in [0.15, 0.2) is 5.60 Å². The molecule has 5 nitrogen and oxygen atoms in total. The first-order valence-electron chi connectivity index (χ1n) is 9.65. The average molecular weight is 381 g/mol. The molecule has 2 fully saturated rings. The topological polar surface area (TPSA) is 59.0 Å². The van der Waals surface area contributed by atoms with Crippen LogP contribution < -0.4 is 0 Å². The predicted octanol–water partition coefficient (Wildman–Crippen LogP) is 3.62. The lowest BCUT2D eigenvalue weighted by molar-refractivity contribution is -0.501. The van der Waals surface area contributed by atoms with Crippen LogP contribution >= 0.6 is 0 Å². The molecule has 2 aliphatic heterocycles. The summed E-state index contributed by atoms with van der Waals surface area (Å²) in [5, 5.41) is 11.3. The van der Waals surface area contributed by atoms with Gasteiger partial charge in [0.2, 0.25) is 11.7 Å². The van der Waals surface area contributed by atoms with E-state index in [-0.39, 0.29) is 18.9 Å². The van der Waals surface area contributed by atoms with Gasteiger partial charge in [-0.05, 0) is 38.8 Å². The van der Waals surface area contributed by atoms with E-state index in [1.807, 2.05) is 81.4 Å². The summed E-state index contributed by atoms with van der Waals surface area (Å²) in [6, 6.07) is 19.5. The van der Waals surface area contributed by atoms with Gasteiger partial charge in [0.05, 0.1) is 6.54 Å². The number of rotatable bonds is 2. The summed E-state index contributed by atoms with van der Waals surface area (Å²) in [7, 11) is 0. The third kappa shape index (κ3) is 2.61. The number of likely N-dealkylation sites (tertiary alicyclic amines) is 1. The number of fused-ring (bicyclic) bond motifs is 1. The molecule has 2 aliphatic rings. The zero-order chi connectivity index (χ0) is 20.2. The highest BCUT2D eigenvalue weighted by Crippen LogP contribution is 2.57. The van der Waals surface area contributed by atoms with E-state index in [4.69, 9.17) is 9.78 Å². The standard InChI is InChI=1S/C23H27NO4/c1-20(2,3)24-16-23(26)21(4,19(24)25)15-22(27-28-23,17-11-7-5-8-12-17)18-13-9-6-10-14-18/h5-14,26H,15-16H2,1-4H3. The van der Waals surface area contributed by atoms with Crippen molar-refractivity contribution in [2.24, 2.45) is 5.41 Å². The van der Waals surface area contributed by atoms with Crippen molar-refractivity contribution in [1.29, 1.82) is 0 Å². The minimum Gasteiger partial charge on any atom is -0.361 e. The summed E-state index contributed by atoms with van der Waals surface area (Å²) in [5.74, 6) is -1.83. The molecule has 1 N–H and O–H groups in total. The predicted molar refractivity (Wildman–Crippen MR) is 105 cm³/mol. The molecule has 0 aromatic heterocycles. The van der Waals surface area contributed by atoms with Crippen molar-refractivity contribution in [2.45, 2.75) is 51.0 Å². The Morgan fingerprint density at radius 3 is 1.89 bits per heavy atom. The number of nitrogens with zero attached hydrogens (tertiary/aromatic N) is 1. The fourth-order valence-electron chi connectivity index (χ4n) is 4.35. The smallest absolute Gasteiger partial charge is 0.234 e. The highest BCUT2D eigenvalue weighted by molar-refractivity contribution is 5.87. The average Bonchev–Trinajstić information content (AvgIpc) is 2.90.